The Labute approximate surface area is 178 Å². The van der Waals surface area contributed by atoms with E-state index in [4.69, 9.17) is 11.3 Å². The van der Waals surface area contributed by atoms with Crippen LogP contribution in [0.1, 0.15) is 11.1 Å². The quantitative estimate of drug-likeness (QED) is 0.361. The van der Waals surface area contributed by atoms with Gasteiger partial charge in [-0.1, -0.05) is 17.7 Å². The predicted octanol–water partition coefficient (Wildman–Crippen LogP) is 6.12. The van der Waals surface area contributed by atoms with E-state index in [2.05, 4.69) is 4.85 Å². The molecule has 5 nitrogen and oxygen atoms in total. The fraction of sp³-hybridized carbons (Fsp3) is 0.0870. The van der Waals surface area contributed by atoms with Crippen molar-refractivity contribution in [3.05, 3.63) is 95.0 Å². The van der Waals surface area contributed by atoms with Crippen LogP contribution in [0.4, 0.5) is 14.5 Å². The molecule has 0 bridgehead atoms. The van der Waals surface area contributed by atoms with Crippen molar-refractivity contribution in [2.45, 2.75) is 18.7 Å². The summed E-state index contributed by atoms with van der Waals surface area (Å²) in [5, 5.41) is 0.486. The lowest BCUT2D eigenvalue weighted by molar-refractivity contribution is 0.439. The molecule has 0 fully saturated rings. The smallest absolute Gasteiger partial charge is 0.268 e. The highest BCUT2D eigenvalue weighted by Crippen LogP contribution is 2.36. The molecule has 0 aliphatic heterocycles. The standard InChI is InChI=1S/C23H16F2N2O3S/c1-14-4-7-17(8-5-14)31(28,29)27-11-10-18-15(2)23(20(25)13-22(18)27)30-16-6-9-19(24)21(12-16)26-3/h4-13H,1-2H3. The van der Waals surface area contributed by atoms with E-state index in [-0.39, 0.29) is 27.6 Å². The summed E-state index contributed by atoms with van der Waals surface area (Å²) in [6, 6.07) is 12.6. The van der Waals surface area contributed by atoms with Crippen LogP contribution in [-0.4, -0.2) is 12.4 Å². The van der Waals surface area contributed by atoms with Crippen molar-refractivity contribution < 1.29 is 21.9 Å². The van der Waals surface area contributed by atoms with E-state index < -0.39 is 21.7 Å². The lowest BCUT2D eigenvalue weighted by atomic mass is 10.1. The van der Waals surface area contributed by atoms with Gasteiger partial charge in [-0.25, -0.2) is 26.0 Å². The van der Waals surface area contributed by atoms with E-state index >= 15 is 0 Å². The van der Waals surface area contributed by atoms with Crippen LogP contribution in [0.5, 0.6) is 11.5 Å². The number of aryl methyl sites for hydroxylation is 2. The van der Waals surface area contributed by atoms with Gasteiger partial charge in [-0.3, -0.25) is 0 Å². The zero-order valence-corrected chi connectivity index (χ0v) is 17.4. The number of benzene rings is 3. The molecule has 3 aromatic carbocycles. The molecule has 4 aromatic rings. The Balaban J connectivity index is 1.81. The Morgan fingerprint density at radius 1 is 0.968 bits per heavy atom. The topological polar surface area (TPSA) is 52.7 Å². The van der Waals surface area contributed by atoms with E-state index in [1.165, 1.54) is 30.5 Å². The Morgan fingerprint density at radius 3 is 2.35 bits per heavy atom. The van der Waals surface area contributed by atoms with E-state index in [1.54, 1.807) is 25.1 Å². The summed E-state index contributed by atoms with van der Waals surface area (Å²) in [6.07, 6.45) is 1.37. The first-order valence-corrected chi connectivity index (χ1v) is 10.6. The zero-order chi connectivity index (χ0) is 22.3. The van der Waals surface area contributed by atoms with Crippen LogP contribution in [0.15, 0.2) is 65.7 Å². The number of halogens is 2. The molecule has 0 amide bonds. The molecule has 31 heavy (non-hydrogen) atoms. The zero-order valence-electron chi connectivity index (χ0n) is 16.6. The summed E-state index contributed by atoms with van der Waals surface area (Å²) < 4.78 is 61.3. The number of hydrogen-bond donors (Lipinski definition) is 0. The summed E-state index contributed by atoms with van der Waals surface area (Å²) >= 11 is 0. The van der Waals surface area contributed by atoms with Gasteiger partial charge in [0.05, 0.1) is 17.0 Å². The second-order valence-corrected chi connectivity index (χ2v) is 8.82. The highest BCUT2D eigenvalue weighted by molar-refractivity contribution is 7.90. The molecule has 0 saturated carbocycles. The van der Waals surface area contributed by atoms with Crippen LogP contribution in [0, 0.1) is 32.1 Å². The maximum atomic E-state index is 15.0. The van der Waals surface area contributed by atoms with Crippen molar-refractivity contribution in [3.8, 4) is 11.5 Å². The minimum atomic E-state index is -3.92. The second-order valence-electron chi connectivity index (χ2n) is 7.00. The molecular weight excluding hydrogens is 422 g/mol. The minimum Gasteiger partial charge on any atom is -0.455 e. The van der Waals surface area contributed by atoms with Gasteiger partial charge in [0.25, 0.3) is 10.0 Å². The molecule has 0 saturated heterocycles. The van der Waals surface area contributed by atoms with Crippen LogP contribution < -0.4 is 4.74 Å². The Morgan fingerprint density at radius 2 is 1.68 bits per heavy atom. The molecule has 0 aliphatic rings. The van der Waals surface area contributed by atoms with Crippen LogP contribution >= 0.6 is 0 Å². The first-order valence-electron chi connectivity index (χ1n) is 9.19. The SMILES string of the molecule is [C-]#[N+]c1cc(Oc2c(F)cc3c(ccn3S(=O)(=O)c3ccc(C)cc3)c2C)ccc1F. The lowest BCUT2D eigenvalue weighted by Gasteiger charge is -2.13. The number of nitrogens with zero attached hydrogens (tertiary/aromatic N) is 2. The van der Waals surface area contributed by atoms with Crippen molar-refractivity contribution in [2.24, 2.45) is 0 Å². The normalized spacial score (nSPS) is 11.5. The molecule has 0 aliphatic carbocycles. The molecule has 0 atom stereocenters. The predicted molar refractivity (Wildman–Crippen MR) is 113 cm³/mol. The summed E-state index contributed by atoms with van der Waals surface area (Å²) in [5.74, 6) is -1.51. The molecule has 4 rings (SSSR count). The van der Waals surface area contributed by atoms with Gasteiger partial charge in [0, 0.05) is 23.2 Å². The molecule has 156 valence electrons. The average molecular weight is 438 g/mol. The molecule has 0 unspecified atom stereocenters. The Kier molecular flexibility index (Phi) is 4.99. The van der Waals surface area contributed by atoms with Gasteiger partial charge < -0.3 is 4.74 Å². The van der Waals surface area contributed by atoms with Crippen LogP contribution in [0.25, 0.3) is 15.7 Å². The number of aromatic nitrogens is 1. The maximum absolute atomic E-state index is 15.0. The number of hydrogen-bond acceptors (Lipinski definition) is 3. The van der Waals surface area contributed by atoms with Crippen molar-refractivity contribution in [2.75, 3.05) is 0 Å². The van der Waals surface area contributed by atoms with Gasteiger partial charge in [0.2, 0.25) is 5.69 Å². The minimum absolute atomic E-state index is 0.0898. The van der Waals surface area contributed by atoms with Crippen LogP contribution in [0.2, 0.25) is 0 Å². The summed E-state index contributed by atoms with van der Waals surface area (Å²) in [7, 11) is -3.92. The number of ether oxygens (including phenoxy) is 1. The third kappa shape index (κ3) is 3.53. The fourth-order valence-electron chi connectivity index (χ4n) is 3.29. The number of rotatable bonds is 4. The molecule has 0 spiro atoms. The van der Waals surface area contributed by atoms with Gasteiger partial charge in [0.15, 0.2) is 11.6 Å². The highest BCUT2D eigenvalue weighted by atomic mass is 32.2. The van der Waals surface area contributed by atoms with Crippen molar-refractivity contribution >= 4 is 26.6 Å². The first-order chi connectivity index (χ1) is 14.7. The van der Waals surface area contributed by atoms with Gasteiger partial charge >= 0.3 is 0 Å². The third-order valence-electron chi connectivity index (χ3n) is 4.95. The second kappa shape index (κ2) is 7.52. The fourth-order valence-corrected chi connectivity index (χ4v) is 4.63. The molecule has 0 radical (unpaired) electrons. The summed E-state index contributed by atoms with van der Waals surface area (Å²) in [5.41, 5.74) is 1.22. The lowest BCUT2D eigenvalue weighted by Crippen LogP contribution is -2.12. The number of fused-ring (bicyclic) bond motifs is 1. The average Bonchev–Trinajstić information content (AvgIpc) is 3.17. The van der Waals surface area contributed by atoms with E-state index in [1.807, 2.05) is 6.92 Å². The van der Waals surface area contributed by atoms with E-state index in [0.29, 0.717) is 10.9 Å². The summed E-state index contributed by atoms with van der Waals surface area (Å²) in [4.78, 5) is 3.15. The van der Waals surface area contributed by atoms with E-state index in [0.717, 1.165) is 21.7 Å². The summed E-state index contributed by atoms with van der Waals surface area (Å²) in [6.45, 7) is 10.4. The van der Waals surface area contributed by atoms with Crippen molar-refractivity contribution in [1.29, 1.82) is 0 Å². The Hall–Kier alpha value is -3.70. The monoisotopic (exact) mass is 438 g/mol. The first kappa shape index (κ1) is 20.6. The van der Waals surface area contributed by atoms with Crippen molar-refractivity contribution in [3.63, 3.8) is 0 Å². The third-order valence-corrected chi connectivity index (χ3v) is 6.65. The largest absolute Gasteiger partial charge is 0.455 e. The van der Waals surface area contributed by atoms with Crippen molar-refractivity contribution in [1.82, 2.24) is 3.97 Å². The molecule has 8 heteroatoms. The molecule has 1 heterocycles. The highest BCUT2D eigenvalue weighted by Gasteiger charge is 2.22. The molecular formula is C23H16F2N2O3S. The van der Waals surface area contributed by atoms with Gasteiger partial charge in [0.1, 0.15) is 11.6 Å². The van der Waals surface area contributed by atoms with Gasteiger partial charge in [-0.05, 0) is 50.2 Å². The molecule has 0 N–H and O–H groups in total. The van der Waals surface area contributed by atoms with E-state index in [9.17, 15) is 17.2 Å². The molecule has 1 aromatic heterocycles. The Bertz CT molecular complexity index is 1470. The van der Waals surface area contributed by atoms with Gasteiger partial charge in [-0.2, -0.15) is 0 Å². The van der Waals surface area contributed by atoms with Crippen LogP contribution in [-0.2, 0) is 10.0 Å². The van der Waals surface area contributed by atoms with Crippen LogP contribution in [0.3, 0.4) is 0 Å². The van der Waals surface area contributed by atoms with Gasteiger partial charge in [-0.15, -0.1) is 0 Å². The maximum Gasteiger partial charge on any atom is 0.268 e.